The Morgan fingerprint density at radius 2 is 2.17 bits per heavy atom. The maximum Gasteiger partial charge on any atom is 0.144 e. The third-order valence-corrected chi connectivity index (χ3v) is 2.88. The van der Waals surface area contributed by atoms with Crippen LogP contribution >= 0.6 is 0 Å². The second kappa shape index (κ2) is 5.64. The number of ether oxygens (including phenoxy) is 1. The van der Waals surface area contributed by atoms with Crippen LogP contribution in [0.5, 0.6) is 5.75 Å². The minimum Gasteiger partial charge on any atom is -0.494 e. The van der Waals surface area contributed by atoms with E-state index < -0.39 is 0 Å². The molecule has 1 aromatic heterocycles. The van der Waals surface area contributed by atoms with Gasteiger partial charge in [-0.15, -0.1) is 5.10 Å². The molecule has 0 amide bonds. The number of hydrogen-bond acceptors (Lipinski definition) is 4. The molecule has 5 heteroatoms. The molecule has 2 rings (SSSR count). The molecule has 2 aromatic rings. The van der Waals surface area contributed by atoms with Gasteiger partial charge in [0.05, 0.1) is 19.0 Å². The van der Waals surface area contributed by atoms with E-state index in [-0.39, 0.29) is 0 Å². The molecule has 0 bridgehead atoms. The molecule has 0 radical (unpaired) electrons. The van der Waals surface area contributed by atoms with E-state index in [1.54, 1.807) is 11.8 Å². The predicted octanol–water partition coefficient (Wildman–Crippen LogP) is 1.43. The van der Waals surface area contributed by atoms with Gasteiger partial charge in [0.15, 0.2) is 0 Å². The molecule has 0 saturated carbocycles. The summed E-state index contributed by atoms with van der Waals surface area (Å²) in [7, 11) is 3.59. The Bertz CT molecular complexity index is 509. The number of rotatable bonds is 5. The van der Waals surface area contributed by atoms with Crippen LogP contribution in [0.25, 0.3) is 5.69 Å². The van der Waals surface area contributed by atoms with Crippen molar-refractivity contribution in [2.24, 2.45) is 0 Å². The van der Waals surface area contributed by atoms with Crippen LogP contribution in [0.3, 0.4) is 0 Å². The summed E-state index contributed by atoms with van der Waals surface area (Å²) in [6, 6.07) is 8.14. The number of likely N-dealkylation sites (N-methyl/N-ethyl adjacent to an activating group) is 1. The normalized spacial score (nSPS) is 12.4. The number of hydrogen-bond donors (Lipinski definition) is 1. The Balaban J connectivity index is 2.24. The van der Waals surface area contributed by atoms with Gasteiger partial charge in [0, 0.05) is 12.5 Å². The van der Waals surface area contributed by atoms with E-state index in [2.05, 4.69) is 22.6 Å². The molecule has 5 nitrogen and oxygen atoms in total. The van der Waals surface area contributed by atoms with E-state index >= 15 is 0 Å². The van der Waals surface area contributed by atoms with Crippen molar-refractivity contribution in [2.45, 2.75) is 19.4 Å². The van der Waals surface area contributed by atoms with Gasteiger partial charge >= 0.3 is 0 Å². The number of nitrogens with one attached hydrogen (secondary N) is 1. The molecule has 0 saturated heterocycles. The molecule has 0 fully saturated rings. The lowest BCUT2D eigenvalue weighted by Gasteiger charge is -2.07. The molecule has 0 aliphatic carbocycles. The molecule has 18 heavy (non-hydrogen) atoms. The van der Waals surface area contributed by atoms with Crippen molar-refractivity contribution < 1.29 is 4.74 Å². The minimum atomic E-state index is 0.382. The van der Waals surface area contributed by atoms with E-state index in [4.69, 9.17) is 4.74 Å². The largest absolute Gasteiger partial charge is 0.494 e. The van der Waals surface area contributed by atoms with E-state index in [9.17, 15) is 0 Å². The summed E-state index contributed by atoms with van der Waals surface area (Å²) in [5, 5.41) is 11.5. The molecule has 0 spiro atoms. The van der Waals surface area contributed by atoms with Crippen LogP contribution in [-0.4, -0.2) is 35.2 Å². The highest BCUT2D eigenvalue weighted by Crippen LogP contribution is 2.21. The molecule has 1 atom stereocenters. The molecule has 1 heterocycles. The topological polar surface area (TPSA) is 52.0 Å². The lowest BCUT2D eigenvalue weighted by molar-refractivity contribution is 0.411. The first kappa shape index (κ1) is 12.6. The zero-order valence-electron chi connectivity index (χ0n) is 10.9. The zero-order valence-corrected chi connectivity index (χ0v) is 10.9. The summed E-state index contributed by atoms with van der Waals surface area (Å²) in [5.41, 5.74) is 1.86. The van der Waals surface area contributed by atoms with Crippen molar-refractivity contribution in [2.75, 3.05) is 14.2 Å². The number of benzene rings is 1. The van der Waals surface area contributed by atoms with Crippen LogP contribution < -0.4 is 10.1 Å². The van der Waals surface area contributed by atoms with Crippen molar-refractivity contribution in [3.8, 4) is 11.4 Å². The lowest BCUT2D eigenvalue weighted by atomic mass is 10.2. The molecule has 0 aliphatic rings. The summed E-state index contributed by atoms with van der Waals surface area (Å²) in [6.45, 7) is 2.11. The molecule has 96 valence electrons. The van der Waals surface area contributed by atoms with Gasteiger partial charge in [-0.3, -0.25) is 0 Å². The fourth-order valence-electron chi connectivity index (χ4n) is 1.74. The van der Waals surface area contributed by atoms with E-state index in [0.29, 0.717) is 6.04 Å². The first-order valence-corrected chi connectivity index (χ1v) is 5.96. The van der Waals surface area contributed by atoms with Crippen molar-refractivity contribution in [3.05, 3.63) is 36.2 Å². The molecule has 1 unspecified atom stereocenters. The summed E-state index contributed by atoms with van der Waals surface area (Å²) in [6.07, 6.45) is 2.79. The second-order valence-electron chi connectivity index (χ2n) is 4.22. The summed E-state index contributed by atoms with van der Waals surface area (Å²) in [4.78, 5) is 0. The third kappa shape index (κ3) is 2.68. The van der Waals surface area contributed by atoms with E-state index in [1.807, 2.05) is 37.5 Å². The van der Waals surface area contributed by atoms with Gasteiger partial charge in [0.25, 0.3) is 0 Å². The SMILES string of the molecule is CNC(C)Cc1cn(-c2ccccc2OC)nn1. The van der Waals surface area contributed by atoms with Crippen LogP contribution in [0.15, 0.2) is 30.5 Å². The Morgan fingerprint density at radius 3 is 2.89 bits per heavy atom. The number of para-hydroxylation sites is 2. The molecule has 1 aromatic carbocycles. The van der Waals surface area contributed by atoms with Crippen molar-refractivity contribution in [1.29, 1.82) is 0 Å². The zero-order chi connectivity index (χ0) is 13.0. The average molecular weight is 246 g/mol. The highest BCUT2D eigenvalue weighted by atomic mass is 16.5. The molecular formula is C13H18N4O. The maximum absolute atomic E-state index is 5.31. The van der Waals surface area contributed by atoms with E-state index in [0.717, 1.165) is 23.6 Å². The van der Waals surface area contributed by atoms with Crippen LogP contribution in [0.4, 0.5) is 0 Å². The third-order valence-electron chi connectivity index (χ3n) is 2.88. The smallest absolute Gasteiger partial charge is 0.144 e. The summed E-state index contributed by atoms with van der Waals surface area (Å²) >= 11 is 0. The molecular weight excluding hydrogens is 228 g/mol. The highest BCUT2D eigenvalue weighted by molar-refractivity contribution is 5.45. The molecule has 1 N–H and O–H groups in total. The van der Waals surface area contributed by atoms with Crippen LogP contribution in [0, 0.1) is 0 Å². The van der Waals surface area contributed by atoms with Crippen molar-refractivity contribution in [3.63, 3.8) is 0 Å². The Hall–Kier alpha value is -1.88. The average Bonchev–Trinajstić information content (AvgIpc) is 2.86. The Morgan fingerprint density at radius 1 is 1.39 bits per heavy atom. The monoisotopic (exact) mass is 246 g/mol. The lowest BCUT2D eigenvalue weighted by Crippen LogP contribution is -2.23. The van der Waals surface area contributed by atoms with Crippen LogP contribution in [0.1, 0.15) is 12.6 Å². The fraction of sp³-hybridized carbons (Fsp3) is 0.385. The summed E-state index contributed by atoms with van der Waals surface area (Å²) in [5.74, 6) is 0.788. The molecule has 0 aliphatic heterocycles. The van der Waals surface area contributed by atoms with Crippen molar-refractivity contribution in [1.82, 2.24) is 20.3 Å². The Labute approximate surface area is 107 Å². The van der Waals surface area contributed by atoms with E-state index in [1.165, 1.54) is 0 Å². The van der Waals surface area contributed by atoms with Crippen LogP contribution in [0.2, 0.25) is 0 Å². The maximum atomic E-state index is 5.31. The Kier molecular flexibility index (Phi) is 3.94. The quantitative estimate of drug-likeness (QED) is 0.867. The minimum absolute atomic E-state index is 0.382. The first-order chi connectivity index (χ1) is 8.74. The summed E-state index contributed by atoms with van der Waals surface area (Å²) < 4.78 is 7.06. The van der Waals surface area contributed by atoms with Gasteiger partial charge in [-0.25, -0.2) is 4.68 Å². The van der Waals surface area contributed by atoms with Gasteiger partial charge in [0.1, 0.15) is 11.4 Å². The predicted molar refractivity (Wildman–Crippen MR) is 70.1 cm³/mol. The highest BCUT2D eigenvalue weighted by Gasteiger charge is 2.09. The standard InChI is InChI=1S/C13H18N4O/c1-10(14-2)8-11-9-17(16-15-11)12-6-4-5-7-13(12)18-3/h4-7,9-10,14H,8H2,1-3H3. The second-order valence-corrected chi connectivity index (χ2v) is 4.22. The number of methoxy groups -OCH3 is 1. The van der Waals surface area contributed by atoms with Crippen LogP contribution in [-0.2, 0) is 6.42 Å². The van der Waals surface area contributed by atoms with Gasteiger partial charge in [0.2, 0.25) is 0 Å². The fourth-order valence-corrected chi connectivity index (χ4v) is 1.74. The van der Waals surface area contributed by atoms with Gasteiger partial charge in [-0.2, -0.15) is 0 Å². The van der Waals surface area contributed by atoms with Crippen molar-refractivity contribution >= 4 is 0 Å². The van der Waals surface area contributed by atoms with Gasteiger partial charge in [-0.05, 0) is 26.1 Å². The van der Waals surface area contributed by atoms with Gasteiger partial charge < -0.3 is 10.1 Å². The number of nitrogens with zero attached hydrogens (tertiary/aromatic N) is 3. The van der Waals surface area contributed by atoms with Gasteiger partial charge in [-0.1, -0.05) is 17.3 Å². The first-order valence-electron chi connectivity index (χ1n) is 5.96. The number of aromatic nitrogens is 3.